The van der Waals surface area contributed by atoms with Crippen LogP contribution in [0.3, 0.4) is 0 Å². The molecule has 0 aromatic heterocycles. The molecule has 0 amide bonds. The minimum atomic E-state index is -5.33. The summed E-state index contributed by atoms with van der Waals surface area (Å²) < 4.78 is 32.7. The topological polar surface area (TPSA) is 176 Å². The molecule has 6 N–H and O–H groups in total. The summed E-state index contributed by atoms with van der Waals surface area (Å²) in [6, 6.07) is 0. The molecule has 10 nitrogen and oxygen atoms in total. The molecule has 19 heavy (non-hydrogen) atoms. The summed E-state index contributed by atoms with van der Waals surface area (Å²) in [6.45, 7) is 0.652. The van der Waals surface area contributed by atoms with Crippen molar-refractivity contribution >= 4 is 23.1 Å². The second-order valence-corrected chi connectivity index (χ2v) is 9.21. The van der Waals surface area contributed by atoms with E-state index in [1.165, 1.54) is 0 Å². The first-order valence-electron chi connectivity index (χ1n) is 5.25. The van der Waals surface area contributed by atoms with Gasteiger partial charge in [0.1, 0.15) is 0 Å². The third kappa shape index (κ3) is 7.11. The second kappa shape index (κ2) is 6.91. The Labute approximate surface area is 110 Å². The van der Waals surface area contributed by atoms with Crippen molar-refractivity contribution in [1.29, 1.82) is 0 Å². The van der Waals surface area contributed by atoms with E-state index in [-0.39, 0.29) is 6.42 Å². The molecule has 13 heteroatoms. The van der Waals surface area contributed by atoms with Crippen molar-refractivity contribution in [2.75, 3.05) is 6.54 Å². The van der Waals surface area contributed by atoms with Crippen LogP contribution < -0.4 is 0 Å². The third-order valence-corrected chi connectivity index (χ3v) is 6.64. The molecule has 0 fully saturated rings. The van der Waals surface area contributed by atoms with Crippen molar-refractivity contribution in [2.24, 2.45) is 0 Å². The lowest BCUT2D eigenvalue weighted by atomic mass is 10.2. The van der Waals surface area contributed by atoms with E-state index >= 15 is 0 Å². The average molecular weight is 341 g/mol. The molecule has 0 aromatic rings. The first kappa shape index (κ1) is 19.4. The zero-order chi connectivity index (χ0) is 15.5. The highest BCUT2D eigenvalue weighted by atomic mass is 31.3. The first-order valence-corrected chi connectivity index (χ1v) is 10.1. The summed E-state index contributed by atoms with van der Waals surface area (Å²) in [5, 5.41) is 0. The quantitative estimate of drug-likeness (QED) is 0.335. The Morgan fingerprint density at radius 3 is 1.63 bits per heavy atom. The molecule has 0 aliphatic carbocycles. The molecule has 0 bridgehead atoms. The molecule has 1 atom stereocenters. The zero-order valence-electron chi connectivity index (χ0n) is 10.1. The van der Waals surface area contributed by atoms with Crippen LogP contribution >= 0.6 is 23.1 Å². The maximum Gasteiger partial charge on any atom is 0.412 e. The molecule has 0 aliphatic rings. The Morgan fingerprint density at radius 2 is 1.37 bits per heavy atom. The normalized spacial score (nSPS) is 15.8. The fourth-order valence-corrected chi connectivity index (χ4v) is 4.55. The maximum absolute atomic E-state index is 11.2. The van der Waals surface area contributed by atoms with Gasteiger partial charge in [-0.25, -0.2) is 9.13 Å². The highest BCUT2D eigenvalue weighted by Gasteiger charge is 2.44. The number of hydrogen-bond acceptors (Lipinski definition) is 3. The smallest absolute Gasteiger partial charge is 0.324 e. The maximum atomic E-state index is 11.2. The van der Waals surface area contributed by atoms with Gasteiger partial charge >= 0.3 is 23.1 Å². The van der Waals surface area contributed by atoms with Crippen molar-refractivity contribution in [1.82, 2.24) is 4.44 Å². The SMILES string of the molecule is CCCCC(CN(P(=O)(O)O)P(=O)(O)O)P(=O)(O)O. The van der Waals surface area contributed by atoms with Crippen molar-refractivity contribution in [3.63, 3.8) is 0 Å². The molecule has 0 saturated carbocycles. The summed E-state index contributed by atoms with van der Waals surface area (Å²) in [4.78, 5) is 53.5. The molecule has 0 radical (unpaired) electrons. The fourth-order valence-electron chi connectivity index (χ4n) is 1.36. The van der Waals surface area contributed by atoms with Crippen LogP contribution in [0.25, 0.3) is 0 Å². The van der Waals surface area contributed by atoms with Crippen molar-refractivity contribution in [2.45, 2.75) is 31.8 Å². The number of rotatable bonds is 8. The Kier molecular flexibility index (Phi) is 7.06. The van der Waals surface area contributed by atoms with E-state index in [1.54, 1.807) is 6.92 Å². The molecule has 0 spiro atoms. The lowest BCUT2D eigenvalue weighted by Gasteiger charge is -2.28. The van der Waals surface area contributed by atoms with Gasteiger partial charge in [-0.1, -0.05) is 19.8 Å². The van der Waals surface area contributed by atoms with Crippen LogP contribution in [0.15, 0.2) is 0 Å². The van der Waals surface area contributed by atoms with Gasteiger partial charge in [0.15, 0.2) is 0 Å². The van der Waals surface area contributed by atoms with Crippen LogP contribution in [0.4, 0.5) is 0 Å². The van der Waals surface area contributed by atoms with Gasteiger partial charge in [0.2, 0.25) is 0 Å². The number of hydrogen-bond donors (Lipinski definition) is 6. The Balaban J connectivity index is 5.23. The fraction of sp³-hybridized carbons (Fsp3) is 1.00. The van der Waals surface area contributed by atoms with E-state index in [2.05, 4.69) is 0 Å². The molecular formula is C6H18NO9P3. The van der Waals surface area contributed by atoms with E-state index in [0.29, 0.717) is 12.8 Å². The van der Waals surface area contributed by atoms with E-state index in [1.807, 2.05) is 0 Å². The predicted octanol–water partition coefficient (Wildman–Crippen LogP) is 0.210. The summed E-state index contributed by atoms with van der Waals surface area (Å²) in [6.07, 6.45) is 0.825. The van der Waals surface area contributed by atoms with Crippen LogP contribution in [-0.2, 0) is 13.7 Å². The van der Waals surface area contributed by atoms with Crippen LogP contribution in [0.5, 0.6) is 0 Å². The second-order valence-electron chi connectivity index (χ2n) is 3.97. The monoisotopic (exact) mass is 341 g/mol. The van der Waals surface area contributed by atoms with E-state index in [0.717, 1.165) is 0 Å². The van der Waals surface area contributed by atoms with Crippen LogP contribution in [0.2, 0.25) is 0 Å². The van der Waals surface area contributed by atoms with Gasteiger partial charge in [0.05, 0.1) is 5.66 Å². The summed E-state index contributed by atoms with van der Waals surface area (Å²) in [5.41, 5.74) is -1.55. The Hall–Kier alpha value is 0.410. The Morgan fingerprint density at radius 1 is 0.947 bits per heavy atom. The molecule has 0 saturated heterocycles. The zero-order valence-corrected chi connectivity index (χ0v) is 12.8. The van der Waals surface area contributed by atoms with Gasteiger partial charge in [-0.2, -0.15) is 0 Å². The molecule has 0 heterocycles. The van der Waals surface area contributed by atoms with E-state index in [4.69, 9.17) is 29.4 Å². The average Bonchev–Trinajstić information content (AvgIpc) is 2.11. The highest BCUT2D eigenvalue weighted by Crippen LogP contribution is 2.59. The van der Waals surface area contributed by atoms with Gasteiger partial charge < -0.3 is 29.4 Å². The predicted molar refractivity (Wildman–Crippen MR) is 66.2 cm³/mol. The summed E-state index contributed by atoms with van der Waals surface area (Å²) in [7, 11) is -15.4. The van der Waals surface area contributed by atoms with Crippen LogP contribution in [0.1, 0.15) is 26.2 Å². The summed E-state index contributed by atoms with van der Waals surface area (Å²) in [5.74, 6) is 0. The lowest BCUT2D eigenvalue weighted by molar-refractivity contribution is 0.262. The highest BCUT2D eigenvalue weighted by molar-refractivity contribution is 7.65. The van der Waals surface area contributed by atoms with Gasteiger partial charge in [-0.05, 0) is 6.42 Å². The van der Waals surface area contributed by atoms with E-state index in [9.17, 15) is 13.7 Å². The largest absolute Gasteiger partial charge is 0.412 e. The molecule has 0 rings (SSSR count). The lowest BCUT2D eigenvalue weighted by Crippen LogP contribution is -2.28. The van der Waals surface area contributed by atoms with Crippen molar-refractivity contribution < 1.29 is 43.1 Å². The molecule has 0 aliphatic heterocycles. The van der Waals surface area contributed by atoms with Crippen LogP contribution in [-0.4, -0.2) is 46.0 Å². The number of nitrogens with zero attached hydrogens (tertiary/aromatic N) is 1. The first-order chi connectivity index (χ1) is 8.30. The molecule has 116 valence electrons. The summed E-state index contributed by atoms with van der Waals surface area (Å²) >= 11 is 0. The van der Waals surface area contributed by atoms with Gasteiger partial charge in [-0.3, -0.25) is 4.57 Å². The van der Waals surface area contributed by atoms with Gasteiger partial charge in [0, 0.05) is 6.54 Å². The third-order valence-electron chi connectivity index (χ3n) is 2.34. The van der Waals surface area contributed by atoms with E-state index < -0.39 is 39.7 Å². The molecule has 1 unspecified atom stereocenters. The molecule has 0 aromatic carbocycles. The standard InChI is InChI=1S/C6H18NO9P3/c1-2-3-4-6(17(8,9)10)5-7(18(11,12)13)19(14,15)16/h6H,2-5H2,1H3,(H2,8,9,10)(H2,11,12,13)(H2,14,15,16). The minimum absolute atomic E-state index is 0.0999. The number of unbranched alkanes of at least 4 members (excludes halogenated alkanes) is 1. The van der Waals surface area contributed by atoms with Gasteiger partial charge in [-0.15, -0.1) is 4.44 Å². The Bertz CT molecular complexity index is 400. The minimum Gasteiger partial charge on any atom is -0.324 e. The van der Waals surface area contributed by atoms with Crippen molar-refractivity contribution in [3.05, 3.63) is 0 Å². The van der Waals surface area contributed by atoms with Gasteiger partial charge in [0.25, 0.3) is 0 Å². The van der Waals surface area contributed by atoms with Crippen LogP contribution in [0, 0.1) is 0 Å². The van der Waals surface area contributed by atoms with Crippen molar-refractivity contribution in [3.8, 4) is 0 Å². The molecular weight excluding hydrogens is 323 g/mol.